The largest absolute Gasteiger partial charge is 0.368 e. The molecule has 0 aliphatic carbocycles. The molecular weight excluding hydrogens is 116 g/mol. The van der Waals surface area contributed by atoms with Crippen molar-refractivity contribution in [3.63, 3.8) is 0 Å². The van der Waals surface area contributed by atoms with Crippen molar-refractivity contribution in [1.82, 2.24) is 0 Å². The Balaban J connectivity index is 2.71. The van der Waals surface area contributed by atoms with E-state index in [0.29, 0.717) is 6.42 Å². The maximum absolute atomic E-state index is 9.27. The summed E-state index contributed by atoms with van der Waals surface area (Å²) in [7, 11) is 0. The van der Waals surface area contributed by atoms with Crippen molar-refractivity contribution in [3.05, 3.63) is 0 Å². The first-order valence-electron chi connectivity index (χ1n) is 3.08. The van der Waals surface area contributed by atoms with Crippen LogP contribution < -0.4 is 0 Å². The molecule has 1 rings (SSSR count). The molecule has 0 spiro atoms. The second-order valence-electron chi connectivity index (χ2n) is 3.41. The van der Waals surface area contributed by atoms with Crippen molar-refractivity contribution >= 4 is 0 Å². The highest BCUT2D eigenvalue weighted by Gasteiger charge is 2.36. The van der Waals surface area contributed by atoms with Crippen LogP contribution in [0.3, 0.4) is 0 Å². The minimum absolute atomic E-state index is 0.163. The molecule has 0 aromatic carbocycles. The van der Waals surface area contributed by atoms with E-state index >= 15 is 0 Å². The molecule has 1 N–H and O–H groups in total. The van der Waals surface area contributed by atoms with Crippen molar-refractivity contribution < 1.29 is 5.11 Å². The molecule has 52 valence electrons. The fourth-order valence-electron chi connectivity index (χ4n) is 1.13. The van der Waals surface area contributed by atoms with Crippen LogP contribution in [-0.4, -0.2) is 16.4 Å². The van der Waals surface area contributed by atoms with E-state index in [-0.39, 0.29) is 5.54 Å². The van der Waals surface area contributed by atoms with Crippen molar-refractivity contribution in [1.29, 1.82) is 0 Å². The molecule has 1 heterocycles. The van der Waals surface area contributed by atoms with Crippen molar-refractivity contribution in [2.75, 3.05) is 0 Å². The van der Waals surface area contributed by atoms with Crippen LogP contribution in [0.2, 0.25) is 0 Å². The van der Waals surface area contributed by atoms with Crippen LogP contribution in [0.1, 0.15) is 27.2 Å². The lowest BCUT2D eigenvalue weighted by Crippen LogP contribution is -2.25. The molecule has 0 amide bonds. The van der Waals surface area contributed by atoms with E-state index in [0.717, 1.165) is 0 Å². The average Bonchev–Trinajstić information content (AvgIpc) is 1.78. The lowest BCUT2D eigenvalue weighted by Gasteiger charge is -2.15. The van der Waals surface area contributed by atoms with Crippen molar-refractivity contribution in [2.45, 2.75) is 38.5 Å². The molecule has 0 radical (unpaired) electrons. The average molecular weight is 128 g/mol. The molecule has 0 bridgehead atoms. The predicted molar refractivity (Wildman–Crippen MR) is 34.2 cm³/mol. The van der Waals surface area contributed by atoms with Gasteiger partial charge in [-0.25, -0.2) is 0 Å². The molecule has 3 nitrogen and oxygen atoms in total. The molecule has 9 heavy (non-hydrogen) atoms. The standard InChI is InChI=1S/C6H12N2O/c1-5(2)4-6(3,9)8-7-5/h9H,4H2,1-3H3. The van der Waals surface area contributed by atoms with Gasteiger partial charge in [-0.3, -0.25) is 0 Å². The second-order valence-corrected chi connectivity index (χ2v) is 3.41. The van der Waals surface area contributed by atoms with E-state index in [1.165, 1.54) is 0 Å². The summed E-state index contributed by atoms with van der Waals surface area (Å²) in [5.41, 5.74) is -1.08. The molecule has 0 aromatic heterocycles. The van der Waals surface area contributed by atoms with Gasteiger partial charge in [0.1, 0.15) is 0 Å². The number of nitrogens with zero attached hydrogens (tertiary/aromatic N) is 2. The van der Waals surface area contributed by atoms with Gasteiger partial charge in [-0.1, -0.05) is 0 Å². The zero-order valence-electron chi connectivity index (χ0n) is 6.05. The zero-order valence-corrected chi connectivity index (χ0v) is 6.05. The van der Waals surface area contributed by atoms with Gasteiger partial charge in [0.2, 0.25) is 0 Å². The van der Waals surface area contributed by atoms with Gasteiger partial charge in [0, 0.05) is 6.42 Å². The Bertz CT molecular complexity index is 133. The monoisotopic (exact) mass is 128 g/mol. The second kappa shape index (κ2) is 1.53. The van der Waals surface area contributed by atoms with Gasteiger partial charge >= 0.3 is 0 Å². The maximum atomic E-state index is 9.27. The van der Waals surface area contributed by atoms with E-state index in [4.69, 9.17) is 0 Å². The molecule has 1 unspecified atom stereocenters. The topological polar surface area (TPSA) is 45.0 Å². The summed E-state index contributed by atoms with van der Waals surface area (Å²) >= 11 is 0. The molecule has 0 fully saturated rings. The summed E-state index contributed by atoms with van der Waals surface area (Å²) in [6, 6.07) is 0. The minimum Gasteiger partial charge on any atom is -0.368 e. The number of azo groups is 1. The zero-order chi connectivity index (χ0) is 7.12. The van der Waals surface area contributed by atoms with E-state index in [9.17, 15) is 5.11 Å². The molecule has 3 heteroatoms. The first-order chi connectivity index (χ1) is 3.91. The van der Waals surface area contributed by atoms with Gasteiger partial charge in [0.25, 0.3) is 0 Å². The highest BCUT2D eigenvalue weighted by atomic mass is 16.3. The van der Waals surface area contributed by atoms with Crippen LogP contribution in [0.5, 0.6) is 0 Å². The predicted octanol–water partition coefficient (Wildman–Crippen LogP) is 1.33. The summed E-state index contributed by atoms with van der Waals surface area (Å²) in [6.45, 7) is 5.58. The molecule has 0 saturated heterocycles. The van der Waals surface area contributed by atoms with E-state index in [2.05, 4.69) is 10.2 Å². The normalized spacial score (nSPS) is 39.6. The summed E-state index contributed by atoms with van der Waals surface area (Å²) < 4.78 is 0. The highest BCUT2D eigenvalue weighted by Crippen LogP contribution is 2.31. The lowest BCUT2D eigenvalue weighted by atomic mass is 9.97. The smallest absolute Gasteiger partial charge is 0.175 e. The summed E-state index contributed by atoms with van der Waals surface area (Å²) in [5, 5.41) is 16.9. The van der Waals surface area contributed by atoms with Gasteiger partial charge < -0.3 is 5.11 Å². The molecule has 1 aliphatic rings. The molecule has 1 atom stereocenters. The van der Waals surface area contributed by atoms with Crippen LogP contribution >= 0.6 is 0 Å². The Morgan fingerprint density at radius 1 is 1.22 bits per heavy atom. The van der Waals surface area contributed by atoms with Crippen LogP contribution in [0.25, 0.3) is 0 Å². The Labute approximate surface area is 54.8 Å². The van der Waals surface area contributed by atoms with Crippen LogP contribution in [0, 0.1) is 0 Å². The lowest BCUT2D eigenvalue weighted by molar-refractivity contribution is 0.0627. The van der Waals surface area contributed by atoms with Gasteiger partial charge in [0.05, 0.1) is 5.54 Å². The van der Waals surface area contributed by atoms with Gasteiger partial charge in [-0.05, 0) is 20.8 Å². The van der Waals surface area contributed by atoms with Crippen molar-refractivity contribution in [2.24, 2.45) is 10.2 Å². The quantitative estimate of drug-likeness (QED) is 0.525. The summed E-state index contributed by atoms with van der Waals surface area (Å²) in [4.78, 5) is 0. The first-order valence-corrected chi connectivity index (χ1v) is 3.08. The fraction of sp³-hybridized carbons (Fsp3) is 1.00. The molecule has 0 aromatic rings. The van der Waals surface area contributed by atoms with Gasteiger partial charge in [-0.15, -0.1) is 0 Å². The highest BCUT2D eigenvalue weighted by molar-refractivity contribution is 4.90. The maximum Gasteiger partial charge on any atom is 0.175 e. The Hall–Kier alpha value is -0.440. The number of hydrogen-bond donors (Lipinski definition) is 1. The van der Waals surface area contributed by atoms with E-state index in [1.54, 1.807) is 6.92 Å². The van der Waals surface area contributed by atoms with E-state index in [1.807, 2.05) is 13.8 Å². The number of rotatable bonds is 0. The number of aliphatic hydroxyl groups is 1. The summed E-state index contributed by atoms with van der Waals surface area (Å²) in [5.74, 6) is 0. The first kappa shape index (κ1) is 6.68. The van der Waals surface area contributed by atoms with Gasteiger partial charge in [-0.2, -0.15) is 10.2 Å². The van der Waals surface area contributed by atoms with Crippen LogP contribution in [0.15, 0.2) is 10.2 Å². The van der Waals surface area contributed by atoms with Crippen molar-refractivity contribution in [3.8, 4) is 0 Å². The Morgan fingerprint density at radius 3 is 1.89 bits per heavy atom. The van der Waals surface area contributed by atoms with Crippen LogP contribution in [-0.2, 0) is 0 Å². The van der Waals surface area contributed by atoms with Gasteiger partial charge in [0.15, 0.2) is 5.72 Å². The third-order valence-electron chi connectivity index (χ3n) is 1.30. The third kappa shape index (κ3) is 1.48. The molecular formula is C6H12N2O. The number of hydrogen-bond acceptors (Lipinski definition) is 3. The van der Waals surface area contributed by atoms with Crippen LogP contribution in [0.4, 0.5) is 0 Å². The fourth-order valence-corrected chi connectivity index (χ4v) is 1.13. The minimum atomic E-state index is -0.913. The van der Waals surface area contributed by atoms with E-state index < -0.39 is 5.72 Å². The summed E-state index contributed by atoms with van der Waals surface area (Å²) in [6.07, 6.45) is 0.625. The Kier molecular flexibility index (Phi) is 1.14. The Morgan fingerprint density at radius 2 is 1.78 bits per heavy atom. The molecule has 1 aliphatic heterocycles. The SMILES string of the molecule is CC1(C)CC(C)(O)N=N1. The molecule has 0 saturated carbocycles. The third-order valence-corrected chi connectivity index (χ3v) is 1.30.